The second-order valence-corrected chi connectivity index (χ2v) is 21.7. The fraction of sp³-hybridized carbons (Fsp3) is 0.475. The van der Waals surface area contributed by atoms with Gasteiger partial charge in [-0.1, -0.05) is 57.7 Å². The summed E-state index contributed by atoms with van der Waals surface area (Å²) in [5.74, 6) is -1.81. The lowest BCUT2D eigenvalue weighted by Crippen LogP contribution is -2.56. The smallest absolute Gasteiger partial charge is 0.324 e. The summed E-state index contributed by atoms with van der Waals surface area (Å²) in [5, 5.41) is 16.6. The second kappa shape index (κ2) is 21.7. The van der Waals surface area contributed by atoms with Crippen LogP contribution in [-0.4, -0.2) is 100 Å². The first-order valence-electron chi connectivity index (χ1n) is 25.8. The first kappa shape index (κ1) is 51.9. The van der Waals surface area contributed by atoms with Crippen molar-refractivity contribution in [1.82, 2.24) is 30.1 Å². The number of ether oxygens (including phenoxy) is 1. The van der Waals surface area contributed by atoms with Gasteiger partial charge < -0.3 is 29.5 Å². The molecule has 1 aliphatic carbocycles. The van der Waals surface area contributed by atoms with Crippen LogP contribution in [0.1, 0.15) is 109 Å². The number of piperidine rings is 1. The zero-order valence-electron chi connectivity index (χ0n) is 43.5. The third kappa shape index (κ3) is 11.1. The summed E-state index contributed by atoms with van der Waals surface area (Å²) in [6.07, 6.45) is 8.13. The van der Waals surface area contributed by atoms with Gasteiger partial charge in [-0.15, -0.1) is 0 Å². The number of hydrogen-bond acceptors (Lipinski definition) is 9. The molecule has 2 saturated heterocycles. The summed E-state index contributed by atoms with van der Waals surface area (Å²) in [5.41, 5.74) is 11.0. The number of fused-ring (bicyclic) bond motifs is 6. The van der Waals surface area contributed by atoms with E-state index in [1.54, 1.807) is 33.0 Å². The van der Waals surface area contributed by atoms with Crippen molar-refractivity contribution in [3.05, 3.63) is 113 Å². The van der Waals surface area contributed by atoms with Gasteiger partial charge in [0.25, 0.3) is 11.8 Å². The summed E-state index contributed by atoms with van der Waals surface area (Å²) in [6, 6.07) is 22.4. The molecule has 3 aromatic carbocycles. The van der Waals surface area contributed by atoms with E-state index < -0.39 is 29.2 Å². The molecule has 0 spiro atoms. The van der Waals surface area contributed by atoms with Crippen LogP contribution in [0.25, 0.3) is 33.3 Å². The number of carbonyl (C=O) groups is 5. The molecule has 8 rings (SSSR count). The topological polar surface area (TPSA) is 154 Å². The molecule has 13 nitrogen and oxygen atoms in total. The summed E-state index contributed by atoms with van der Waals surface area (Å²) in [7, 11) is 3.76. The van der Waals surface area contributed by atoms with Crippen molar-refractivity contribution in [2.75, 3.05) is 40.3 Å². The van der Waals surface area contributed by atoms with Crippen molar-refractivity contribution < 1.29 is 33.8 Å². The van der Waals surface area contributed by atoms with Crippen LogP contribution in [0.4, 0.5) is 0 Å². The molecule has 72 heavy (non-hydrogen) atoms. The van der Waals surface area contributed by atoms with Crippen LogP contribution in [0.3, 0.4) is 0 Å². The highest BCUT2D eigenvalue weighted by atomic mass is 16.5. The highest BCUT2D eigenvalue weighted by Crippen LogP contribution is 2.41. The Morgan fingerprint density at radius 2 is 1.72 bits per heavy atom. The van der Waals surface area contributed by atoms with Gasteiger partial charge in [0.05, 0.1) is 12.3 Å². The van der Waals surface area contributed by atoms with Gasteiger partial charge in [0.2, 0.25) is 5.91 Å². The van der Waals surface area contributed by atoms with Crippen LogP contribution in [0.5, 0.6) is 5.75 Å². The van der Waals surface area contributed by atoms with Crippen LogP contribution < -0.4 is 10.7 Å². The number of phenols is 1. The predicted octanol–water partition coefficient (Wildman–Crippen LogP) is 8.83. The van der Waals surface area contributed by atoms with Crippen molar-refractivity contribution in [2.24, 2.45) is 23.2 Å². The molecule has 4 aliphatic rings. The minimum atomic E-state index is -0.793. The molecule has 1 saturated carbocycles. The maximum absolute atomic E-state index is 14.7. The number of hydrazine groups is 1. The molecule has 1 aromatic heterocycles. The molecule has 3 aliphatic heterocycles. The highest BCUT2D eigenvalue weighted by molar-refractivity contribution is 6.01. The summed E-state index contributed by atoms with van der Waals surface area (Å²) in [4.78, 5) is 73.1. The van der Waals surface area contributed by atoms with Gasteiger partial charge in [-0.25, -0.2) is 5.43 Å². The molecular weight excluding hydrogens is 905 g/mol. The molecule has 6 bridgehead atoms. The van der Waals surface area contributed by atoms with Gasteiger partial charge in [0.1, 0.15) is 23.0 Å². The molecule has 4 atom stereocenters. The van der Waals surface area contributed by atoms with Gasteiger partial charge in [0, 0.05) is 66.5 Å². The van der Waals surface area contributed by atoms with Gasteiger partial charge >= 0.3 is 5.97 Å². The van der Waals surface area contributed by atoms with E-state index in [2.05, 4.69) is 97.1 Å². The summed E-state index contributed by atoms with van der Waals surface area (Å²) < 4.78 is 8.43. The van der Waals surface area contributed by atoms with E-state index in [0.29, 0.717) is 79.8 Å². The number of likely N-dealkylation sites (N-methyl/N-ethyl adjacent to an activating group) is 1. The Morgan fingerprint density at radius 3 is 2.40 bits per heavy atom. The third-order valence-electron chi connectivity index (χ3n) is 15.5. The number of cyclic esters (lactones) is 1. The lowest BCUT2D eigenvalue weighted by Gasteiger charge is -2.34. The van der Waals surface area contributed by atoms with E-state index in [9.17, 15) is 29.1 Å². The Kier molecular flexibility index (Phi) is 15.6. The van der Waals surface area contributed by atoms with Gasteiger partial charge in [-0.05, 0) is 174 Å². The average molecular weight is 977 g/mol. The molecule has 13 heteroatoms. The summed E-state index contributed by atoms with van der Waals surface area (Å²) in [6.45, 7) is 18.7. The van der Waals surface area contributed by atoms with Crippen molar-refractivity contribution in [2.45, 2.75) is 118 Å². The highest BCUT2D eigenvalue weighted by Gasteiger charge is 2.38. The van der Waals surface area contributed by atoms with E-state index in [1.807, 2.05) is 13.0 Å². The number of nitrogens with zero attached hydrogens (tertiary/aromatic N) is 4. The van der Waals surface area contributed by atoms with Crippen LogP contribution in [-0.2, 0) is 48.1 Å². The fourth-order valence-electron chi connectivity index (χ4n) is 11.5. The van der Waals surface area contributed by atoms with Crippen LogP contribution in [0.15, 0.2) is 84.2 Å². The number of likely N-dealkylation sites (tertiary alicyclic amines) is 1. The first-order chi connectivity index (χ1) is 34.4. The number of benzene rings is 2. The average Bonchev–Trinajstić information content (AvgIpc) is 3.67. The number of esters is 1. The molecular formula is C59H72N6O7. The number of hydrogen-bond donors (Lipinski definition) is 3. The largest absolute Gasteiger partial charge is 0.508 e. The van der Waals surface area contributed by atoms with Crippen molar-refractivity contribution in [3.63, 3.8) is 0 Å². The van der Waals surface area contributed by atoms with E-state index >= 15 is 0 Å². The molecule has 3 N–H and O–H groups in total. The van der Waals surface area contributed by atoms with Crippen LogP contribution >= 0.6 is 0 Å². The Morgan fingerprint density at radius 1 is 0.986 bits per heavy atom. The van der Waals surface area contributed by atoms with Crippen molar-refractivity contribution in [1.29, 1.82) is 0 Å². The monoisotopic (exact) mass is 977 g/mol. The molecule has 380 valence electrons. The normalized spacial score (nSPS) is 22.6. The zero-order valence-corrected chi connectivity index (χ0v) is 43.5. The Bertz CT molecular complexity index is 2810. The lowest BCUT2D eigenvalue weighted by molar-refractivity contribution is -0.154. The number of carbonyl (C=O) groups excluding carboxylic acids is 5. The van der Waals surface area contributed by atoms with Gasteiger partial charge in [-0.3, -0.25) is 29.0 Å². The van der Waals surface area contributed by atoms with Gasteiger partial charge in [0.15, 0.2) is 5.78 Å². The fourth-order valence-corrected chi connectivity index (χ4v) is 11.5. The number of aromatic hydroxyl groups is 1. The molecule has 4 heterocycles. The molecule has 3 amide bonds. The number of rotatable bonds is 9. The second-order valence-electron chi connectivity index (χ2n) is 21.7. The van der Waals surface area contributed by atoms with Crippen LogP contribution in [0.2, 0.25) is 0 Å². The lowest BCUT2D eigenvalue weighted by atomic mass is 9.72. The molecule has 4 aromatic rings. The van der Waals surface area contributed by atoms with E-state index in [-0.39, 0.29) is 59.5 Å². The molecule has 0 unspecified atom stereocenters. The number of amides is 3. The summed E-state index contributed by atoms with van der Waals surface area (Å²) >= 11 is 0. The number of aryl methyl sites for hydroxylation is 1. The standard InChI is InChI=1S/C59H72N6O7/c1-10-52(67)47-20-18-43(27-37(47)5)56(69)63(9)53(36(3)4)55(68)60-34-45-29-38-28-44(31-46(66)30-38)42-19-21-51-48(32-42)49(33-59(6,7)35-72-58(71)50-13-12-24-65(61-50)57(45)70)54(64(51)11-2)41-16-14-39(15-17-41)40-22-25-62(8)26-23-40/h10,14-17,28,30-32,34,37,40,43,47,50,61,66H,1,11-13,18,20,22-27,29,33,35H2,2-9H3,(H,60,68)/b45-34+/t37-,43+,47+,50+/m1/s1. The minimum absolute atomic E-state index is 0.00734. The van der Waals surface area contributed by atoms with E-state index in [4.69, 9.17) is 4.74 Å². The van der Waals surface area contributed by atoms with E-state index in [1.165, 1.54) is 27.7 Å². The maximum atomic E-state index is 14.7. The maximum Gasteiger partial charge on any atom is 0.324 e. The number of ketones is 1. The Balaban J connectivity index is 1.15. The number of allylic oxidation sites excluding steroid dienone is 2. The predicted molar refractivity (Wildman–Crippen MR) is 280 cm³/mol. The minimum Gasteiger partial charge on any atom is -0.508 e. The first-order valence-corrected chi connectivity index (χ1v) is 25.8. The third-order valence-corrected chi connectivity index (χ3v) is 15.5. The quantitative estimate of drug-likeness (QED) is 0.110. The number of nitrogens with one attached hydrogen (secondary N) is 2. The Hall–Kier alpha value is -6.49. The SMILES string of the molecule is C=CC(=O)[C@H]1CC[C@H](C(=O)N(C)C(C(=O)N/C=C2\Cc3cc(O)cc(c3)-c3c#cc4c(c3)c(c(-c3ccc(C5CCN(C)CC5)cc3)n4CC)CC(C)(C)COC(=O)[C@@H]3CCCN(N3)C2=O)=C(C)C)C[C@H]1C. The zero-order chi connectivity index (χ0) is 51.6. The molecule has 0 radical (unpaired) electrons. The number of phenolic OH excluding ortho intramolecular Hbond substituents is 1. The van der Waals surface area contributed by atoms with Crippen molar-refractivity contribution in [3.8, 4) is 28.1 Å². The molecule has 3 fully saturated rings. The Labute approximate surface area is 425 Å². The van der Waals surface area contributed by atoms with E-state index in [0.717, 1.165) is 53.7 Å². The van der Waals surface area contributed by atoms with Crippen molar-refractivity contribution >= 4 is 40.4 Å². The van der Waals surface area contributed by atoms with Gasteiger partial charge in [-0.2, -0.15) is 0 Å². The van der Waals surface area contributed by atoms with Crippen LogP contribution in [0, 0.1) is 35.3 Å². The number of aromatic nitrogens is 1.